The van der Waals surface area contributed by atoms with Gasteiger partial charge >= 0.3 is 0 Å². The average Bonchev–Trinajstić information content (AvgIpc) is 3.10. The number of halogens is 1. The minimum Gasteiger partial charge on any atom is -0.432 e. The molecule has 18 heavy (non-hydrogen) atoms. The van der Waals surface area contributed by atoms with Gasteiger partial charge in [-0.15, -0.1) is 22.9 Å². The van der Waals surface area contributed by atoms with E-state index in [-0.39, 0.29) is 0 Å². The molecule has 96 valence electrons. The van der Waals surface area contributed by atoms with Crippen molar-refractivity contribution in [1.82, 2.24) is 9.97 Å². The Kier molecular flexibility index (Phi) is 3.38. The van der Waals surface area contributed by atoms with Crippen molar-refractivity contribution in [2.75, 3.05) is 36.0 Å². The van der Waals surface area contributed by atoms with E-state index in [9.17, 15) is 0 Å². The van der Waals surface area contributed by atoms with Crippen molar-refractivity contribution in [2.24, 2.45) is 0 Å². The molecule has 7 heteroatoms. The minimum atomic E-state index is 0.391. The first-order chi connectivity index (χ1) is 8.86. The molecule has 0 aliphatic carbocycles. The molecule has 0 radical (unpaired) electrons. The van der Waals surface area contributed by atoms with Crippen LogP contribution in [0.5, 0.6) is 0 Å². The van der Waals surface area contributed by atoms with E-state index in [0.717, 1.165) is 37.0 Å². The van der Waals surface area contributed by atoms with E-state index in [2.05, 4.69) is 19.8 Å². The van der Waals surface area contributed by atoms with Gasteiger partial charge in [0.2, 0.25) is 0 Å². The second kappa shape index (κ2) is 5.16. The predicted molar refractivity (Wildman–Crippen MR) is 72.6 cm³/mol. The van der Waals surface area contributed by atoms with Gasteiger partial charge in [0.1, 0.15) is 6.26 Å². The zero-order chi connectivity index (χ0) is 12.4. The summed E-state index contributed by atoms with van der Waals surface area (Å²) in [5, 5.41) is 3.09. The second-order valence-electron chi connectivity index (χ2n) is 4.04. The molecule has 2 aromatic rings. The molecule has 0 saturated carbocycles. The van der Waals surface area contributed by atoms with Crippen molar-refractivity contribution < 1.29 is 4.42 Å². The van der Waals surface area contributed by atoms with Crippen molar-refractivity contribution in [3.05, 3.63) is 23.5 Å². The Balaban J connectivity index is 1.63. The van der Waals surface area contributed by atoms with Crippen LogP contribution in [-0.2, 0) is 5.88 Å². The van der Waals surface area contributed by atoms with E-state index in [1.165, 1.54) is 0 Å². The smallest absolute Gasteiger partial charge is 0.297 e. The third kappa shape index (κ3) is 2.30. The van der Waals surface area contributed by atoms with Gasteiger partial charge in [0.05, 0.1) is 11.6 Å². The van der Waals surface area contributed by atoms with Gasteiger partial charge < -0.3 is 14.2 Å². The maximum absolute atomic E-state index is 5.71. The molecular formula is C11H13ClN4OS. The molecule has 3 rings (SSSR count). The summed E-state index contributed by atoms with van der Waals surface area (Å²) in [6.45, 7) is 3.65. The van der Waals surface area contributed by atoms with Crippen LogP contribution in [0.3, 0.4) is 0 Å². The number of aromatic nitrogens is 2. The number of hydrogen-bond donors (Lipinski definition) is 0. The molecule has 0 bridgehead atoms. The number of rotatable bonds is 3. The van der Waals surface area contributed by atoms with E-state index in [0.29, 0.717) is 11.9 Å². The molecule has 1 aliphatic heterocycles. The maximum atomic E-state index is 5.71. The first-order valence-electron chi connectivity index (χ1n) is 5.76. The molecule has 0 amide bonds. The SMILES string of the molecule is ClCc1coc(N2CCN(c3nccs3)CC2)n1. The van der Waals surface area contributed by atoms with Crippen LogP contribution in [0.2, 0.25) is 0 Å². The van der Waals surface area contributed by atoms with Crippen LogP contribution in [0.1, 0.15) is 5.69 Å². The van der Waals surface area contributed by atoms with Crippen LogP contribution in [-0.4, -0.2) is 36.1 Å². The number of oxazole rings is 1. The van der Waals surface area contributed by atoms with Crippen molar-refractivity contribution in [3.8, 4) is 0 Å². The number of nitrogens with zero attached hydrogens (tertiary/aromatic N) is 4. The number of hydrogen-bond acceptors (Lipinski definition) is 6. The standard InChI is InChI=1S/C11H13ClN4OS/c12-7-9-8-17-10(14-9)15-2-4-16(5-3-15)11-13-1-6-18-11/h1,6,8H,2-5,7H2. The maximum Gasteiger partial charge on any atom is 0.297 e. The highest BCUT2D eigenvalue weighted by atomic mass is 35.5. The second-order valence-corrected chi connectivity index (χ2v) is 5.18. The van der Waals surface area contributed by atoms with Crippen LogP contribution < -0.4 is 9.80 Å². The summed E-state index contributed by atoms with van der Waals surface area (Å²) >= 11 is 7.39. The van der Waals surface area contributed by atoms with Gasteiger partial charge in [0, 0.05) is 37.8 Å². The van der Waals surface area contributed by atoms with Gasteiger partial charge in [-0.3, -0.25) is 0 Å². The molecule has 1 fully saturated rings. The van der Waals surface area contributed by atoms with Crippen LogP contribution in [0.15, 0.2) is 22.3 Å². The Hall–Kier alpha value is -1.27. The quantitative estimate of drug-likeness (QED) is 0.809. The molecule has 1 aliphatic rings. The summed E-state index contributed by atoms with van der Waals surface area (Å²) in [5.74, 6) is 0.391. The van der Waals surface area contributed by atoms with Gasteiger partial charge in [-0.25, -0.2) is 4.98 Å². The summed E-state index contributed by atoms with van der Waals surface area (Å²) in [7, 11) is 0. The lowest BCUT2D eigenvalue weighted by Crippen LogP contribution is -2.46. The summed E-state index contributed by atoms with van der Waals surface area (Å²) < 4.78 is 5.42. The fraction of sp³-hybridized carbons (Fsp3) is 0.455. The van der Waals surface area contributed by atoms with Crippen molar-refractivity contribution in [1.29, 1.82) is 0 Å². The van der Waals surface area contributed by atoms with Crippen LogP contribution in [0.4, 0.5) is 11.1 Å². The lowest BCUT2D eigenvalue weighted by Gasteiger charge is -2.33. The van der Waals surface area contributed by atoms with Gasteiger partial charge in [0.25, 0.3) is 6.01 Å². The Labute approximate surface area is 114 Å². The highest BCUT2D eigenvalue weighted by molar-refractivity contribution is 7.13. The monoisotopic (exact) mass is 284 g/mol. The average molecular weight is 285 g/mol. The molecule has 0 spiro atoms. The Morgan fingerprint density at radius 2 is 2.06 bits per heavy atom. The van der Waals surface area contributed by atoms with Crippen LogP contribution >= 0.6 is 22.9 Å². The molecule has 0 atom stereocenters. The van der Waals surface area contributed by atoms with E-state index in [1.807, 2.05) is 11.6 Å². The Bertz CT molecular complexity index is 493. The first kappa shape index (κ1) is 11.8. The van der Waals surface area contributed by atoms with Crippen molar-refractivity contribution in [2.45, 2.75) is 5.88 Å². The summed E-state index contributed by atoms with van der Waals surface area (Å²) in [5.41, 5.74) is 0.786. The van der Waals surface area contributed by atoms with Gasteiger partial charge in [-0.05, 0) is 0 Å². The molecule has 2 aromatic heterocycles. The van der Waals surface area contributed by atoms with Crippen molar-refractivity contribution in [3.63, 3.8) is 0 Å². The largest absolute Gasteiger partial charge is 0.432 e. The lowest BCUT2D eigenvalue weighted by atomic mass is 10.3. The predicted octanol–water partition coefficient (Wildman–Crippen LogP) is 2.20. The number of alkyl halides is 1. The van der Waals surface area contributed by atoms with Crippen LogP contribution in [0.25, 0.3) is 0 Å². The highest BCUT2D eigenvalue weighted by Crippen LogP contribution is 2.21. The van der Waals surface area contributed by atoms with E-state index in [4.69, 9.17) is 16.0 Å². The normalized spacial score (nSPS) is 16.3. The Morgan fingerprint density at radius 1 is 1.28 bits per heavy atom. The summed E-state index contributed by atoms with van der Waals surface area (Å²) in [4.78, 5) is 13.1. The van der Waals surface area contributed by atoms with E-state index >= 15 is 0 Å². The van der Waals surface area contributed by atoms with E-state index in [1.54, 1.807) is 17.6 Å². The first-order valence-corrected chi connectivity index (χ1v) is 7.18. The molecule has 0 unspecified atom stereocenters. The topological polar surface area (TPSA) is 45.4 Å². The summed E-state index contributed by atoms with van der Waals surface area (Å²) in [6, 6.07) is 0.671. The fourth-order valence-electron chi connectivity index (χ4n) is 1.96. The third-order valence-electron chi connectivity index (χ3n) is 2.92. The van der Waals surface area contributed by atoms with Crippen LogP contribution in [0, 0.1) is 0 Å². The number of piperazine rings is 1. The summed E-state index contributed by atoms with van der Waals surface area (Å²) in [6.07, 6.45) is 3.46. The molecule has 3 heterocycles. The number of anilines is 2. The Morgan fingerprint density at radius 3 is 2.67 bits per heavy atom. The third-order valence-corrected chi connectivity index (χ3v) is 4.02. The van der Waals surface area contributed by atoms with Gasteiger partial charge in [0.15, 0.2) is 5.13 Å². The molecule has 5 nitrogen and oxygen atoms in total. The molecule has 1 saturated heterocycles. The van der Waals surface area contributed by atoms with Crippen molar-refractivity contribution >= 4 is 34.1 Å². The van der Waals surface area contributed by atoms with E-state index < -0.39 is 0 Å². The molecule has 0 N–H and O–H groups in total. The fourth-order valence-corrected chi connectivity index (χ4v) is 2.78. The minimum absolute atomic E-state index is 0.391. The highest BCUT2D eigenvalue weighted by Gasteiger charge is 2.21. The molecular weight excluding hydrogens is 272 g/mol. The van der Waals surface area contributed by atoms with Gasteiger partial charge in [-0.2, -0.15) is 4.98 Å². The van der Waals surface area contributed by atoms with Gasteiger partial charge in [-0.1, -0.05) is 0 Å². The zero-order valence-electron chi connectivity index (χ0n) is 9.75. The lowest BCUT2D eigenvalue weighted by molar-refractivity contribution is 0.516. The zero-order valence-corrected chi connectivity index (χ0v) is 11.3. The molecule has 0 aromatic carbocycles. The number of thiazole rings is 1.